The number of rotatable bonds is 12. The van der Waals surface area contributed by atoms with E-state index in [0.717, 1.165) is 21.0 Å². The summed E-state index contributed by atoms with van der Waals surface area (Å²) in [5.41, 5.74) is 1.20. The predicted octanol–water partition coefficient (Wildman–Crippen LogP) is 6.52. The zero-order chi connectivity index (χ0) is 36.9. The van der Waals surface area contributed by atoms with E-state index in [-0.39, 0.29) is 24.1 Å². The fraction of sp³-hybridized carbons (Fsp3) is 0.429. The van der Waals surface area contributed by atoms with Crippen molar-refractivity contribution in [1.82, 2.24) is 20.1 Å². The van der Waals surface area contributed by atoms with E-state index in [1.54, 1.807) is 89.9 Å². The Bertz CT molecular complexity index is 1690. The van der Waals surface area contributed by atoms with Gasteiger partial charge in [-0.2, -0.15) is 0 Å². The van der Waals surface area contributed by atoms with E-state index in [0.29, 0.717) is 34.8 Å². The summed E-state index contributed by atoms with van der Waals surface area (Å²) in [6.45, 7) is 13.5. The van der Waals surface area contributed by atoms with E-state index < -0.39 is 28.9 Å². The molecular weight excluding hydrogens is 648 g/mol. The minimum atomic E-state index is -1.74. The minimum absolute atomic E-state index is 0.0864. The number of carbonyl (C=O) groups is 5. The van der Waals surface area contributed by atoms with Crippen LogP contribution >= 0.6 is 11.3 Å². The van der Waals surface area contributed by atoms with Gasteiger partial charge in [-0.1, -0.05) is 56.4 Å². The van der Waals surface area contributed by atoms with Crippen LogP contribution in [-0.2, 0) is 24.2 Å². The lowest BCUT2D eigenvalue weighted by Crippen LogP contribution is -2.76. The van der Waals surface area contributed by atoms with E-state index >= 15 is 0 Å². The van der Waals surface area contributed by atoms with Gasteiger partial charge in [0, 0.05) is 46.6 Å². The number of aryl methyl sites for hydroxylation is 2. The molecule has 0 saturated carbocycles. The van der Waals surface area contributed by atoms with Crippen LogP contribution in [0.4, 0.5) is 20.4 Å². The summed E-state index contributed by atoms with van der Waals surface area (Å²) >= 11 is 1.29. The first-order valence-corrected chi connectivity index (χ1v) is 16.5. The molecule has 0 aliphatic rings. The molecule has 1 aromatic heterocycles. The summed E-state index contributed by atoms with van der Waals surface area (Å²) in [4.78, 5) is 69.3. The number of hydrogen-bond acceptors (Lipinski definition) is 8. The fourth-order valence-electron chi connectivity index (χ4n) is 5.43. The third kappa shape index (κ3) is 9.56. The molecule has 0 spiro atoms. The van der Waals surface area contributed by atoms with Gasteiger partial charge in [0.25, 0.3) is 5.91 Å². The van der Waals surface area contributed by atoms with E-state index in [1.165, 1.54) is 25.2 Å². The van der Waals surface area contributed by atoms with Crippen LogP contribution in [-0.4, -0.2) is 73.2 Å². The molecular formula is C35H46N6O7S. The van der Waals surface area contributed by atoms with Crippen molar-refractivity contribution in [2.75, 3.05) is 17.7 Å². The molecule has 0 fully saturated rings. The topological polar surface area (TPSA) is 181 Å². The Hall–Kier alpha value is -4.98. The van der Waals surface area contributed by atoms with Gasteiger partial charge < -0.3 is 25.7 Å². The lowest BCUT2D eigenvalue weighted by atomic mass is 9.82. The van der Waals surface area contributed by atoms with Crippen molar-refractivity contribution in [3.8, 4) is 0 Å². The monoisotopic (exact) mass is 694 g/mol. The lowest BCUT2D eigenvalue weighted by molar-refractivity contribution is -0.114. The second-order valence-corrected chi connectivity index (χ2v) is 14.9. The molecule has 13 nitrogen and oxygen atoms in total. The van der Waals surface area contributed by atoms with Crippen molar-refractivity contribution in [1.29, 1.82) is 0 Å². The summed E-state index contributed by atoms with van der Waals surface area (Å²) in [6.07, 6.45) is -1.62. The molecule has 4 amide bonds. The first kappa shape index (κ1) is 38.5. The number of anilines is 2. The van der Waals surface area contributed by atoms with Crippen molar-refractivity contribution in [3.63, 3.8) is 0 Å². The highest BCUT2D eigenvalue weighted by Gasteiger charge is 2.54. The van der Waals surface area contributed by atoms with E-state index in [9.17, 15) is 34.2 Å². The minimum Gasteiger partial charge on any atom is -0.465 e. The molecule has 1 atom stereocenters. The molecule has 5 N–H and O–H groups in total. The van der Waals surface area contributed by atoms with Gasteiger partial charge in [-0.05, 0) is 70.4 Å². The second kappa shape index (κ2) is 15.1. The average Bonchev–Trinajstić information content (AvgIpc) is 3.34. The zero-order valence-corrected chi connectivity index (χ0v) is 30.2. The highest BCUT2D eigenvalue weighted by atomic mass is 32.1. The van der Waals surface area contributed by atoms with E-state index in [1.807, 2.05) is 12.1 Å². The number of thiazole rings is 1. The van der Waals surface area contributed by atoms with Gasteiger partial charge in [0.15, 0.2) is 10.9 Å². The van der Waals surface area contributed by atoms with Crippen LogP contribution in [0.25, 0.3) is 0 Å². The molecule has 1 heterocycles. The summed E-state index contributed by atoms with van der Waals surface area (Å²) < 4.78 is 0. The van der Waals surface area contributed by atoms with Crippen molar-refractivity contribution in [2.24, 2.45) is 5.41 Å². The summed E-state index contributed by atoms with van der Waals surface area (Å²) in [7, 11) is 1.68. The molecule has 264 valence electrons. The van der Waals surface area contributed by atoms with Crippen LogP contribution in [0, 0.1) is 5.41 Å². The van der Waals surface area contributed by atoms with E-state index in [4.69, 9.17) is 0 Å². The number of aromatic nitrogens is 1. The Morgan fingerprint density at radius 3 is 1.88 bits per heavy atom. The van der Waals surface area contributed by atoms with Crippen molar-refractivity contribution >= 4 is 51.9 Å². The Labute approximate surface area is 290 Å². The first-order valence-electron chi connectivity index (χ1n) is 15.7. The standard InChI is InChI=1S/C35H46N6O7S/c1-21(42)24-13-15-25(16-14-24)29(44)40(9)20-28-27(37-30(49-28)36-22(2)43)19-12-23-10-17-26(18-11-23)38-35(33(3,4)5,39-31(45)46)41(32(47)48)34(6,7)8/h10-11,13-18,38-39H,12,19-20H2,1-9H3,(H,45,46)(H,47,48)(H,36,37,43). The second-order valence-electron chi connectivity index (χ2n) is 13.9. The Kier molecular flexibility index (Phi) is 11.8. The van der Waals surface area contributed by atoms with Crippen molar-refractivity contribution in [3.05, 3.63) is 75.8 Å². The smallest absolute Gasteiger partial charge is 0.411 e. The summed E-state index contributed by atoms with van der Waals surface area (Å²) in [5, 5.41) is 28.9. The molecule has 0 aliphatic carbocycles. The number of nitrogens with zero attached hydrogens (tertiary/aromatic N) is 3. The van der Waals surface area contributed by atoms with Gasteiger partial charge in [-0.25, -0.2) is 14.6 Å². The molecule has 0 saturated heterocycles. The Morgan fingerprint density at radius 2 is 1.41 bits per heavy atom. The molecule has 0 radical (unpaired) electrons. The Balaban J connectivity index is 1.85. The predicted molar refractivity (Wildman–Crippen MR) is 189 cm³/mol. The molecule has 49 heavy (non-hydrogen) atoms. The van der Waals surface area contributed by atoms with Gasteiger partial charge in [-0.15, -0.1) is 0 Å². The largest absolute Gasteiger partial charge is 0.465 e. The average molecular weight is 695 g/mol. The maximum Gasteiger partial charge on any atom is 0.411 e. The Morgan fingerprint density at radius 1 is 0.837 bits per heavy atom. The number of hydrogen-bond donors (Lipinski definition) is 5. The SMILES string of the molecule is CC(=O)Nc1nc(CCc2ccc(NC(NC(=O)O)(N(C(=O)O)C(C)(C)C)C(C)(C)C)cc2)c(CN(C)C(=O)c2ccc(C(C)=O)cc2)s1. The highest BCUT2D eigenvalue weighted by Crippen LogP contribution is 2.39. The normalized spacial score (nSPS) is 12.8. The summed E-state index contributed by atoms with van der Waals surface area (Å²) in [6, 6.07) is 13.7. The van der Waals surface area contributed by atoms with Crippen molar-refractivity contribution < 1.29 is 34.2 Å². The molecule has 0 bridgehead atoms. The third-order valence-corrected chi connectivity index (χ3v) is 8.83. The maximum atomic E-state index is 13.2. The summed E-state index contributed by atoms with van der Waals surface area (Å²) in [5.74, 6) is -2.31. The van der Waals surface area contributed by atoms with Gasteiger partial charge >= 0.3 is 12.2 Å². The highest BCUT2D eigenvalue weighted by molar-refractivity contribution is 7.15. The van der Waals surface area contributed by atoms with Crippen LogP contribution in [0.15, 0.2) is 48.5 Å². The van der Waals surface area contributed by atoms with Gasteiger partial charge in [-0.3, -0.25) is 24.6 Å². The number of benzene rings is 2. The van der Waals surface area contributed by atoms with Crippen LogP contribution in [0.3, 0.4) is 0 Å². The van der Waals surface area contributed by atoms with Gasteiger partial charge in [0.05, 0.1) is 12.2 Å². The van der Waals surface area contributed by atoms with Gasteiger partial charge in [0.1, 0.15) is 0 Å². The number of amides is 4. The molecule has 1 unspecified atom stereocenters. The third-order valence-electron chi connectivity index (χ3n) is 7.83. The molecule has 3 rings (SSSR count). The number of carboxylic acid groups (broad SMARTS) is 2. The number of ketones is 1. The quantitative estimate of drug-likeness (QED) is 0.104. The van der Waals surface area contributed by atoms with Crippen LogP contribution in [0.2, 0.25) is 0 Å². The number of nitrogens with one attached hydrogen (secondary N) is 3. The zero-order valence-electron chi connectivity index (χ0n) is 29.4. The van der Waals surface area contributed by atoms with Crippen LogP contribution in [0.5, 0.6) is 0 Å². The first-order chi connectivity index (χ1) is 22.6. The van der Waals surface area contributed by atoms with Crippen LogP contribution < -0.4 is 16.0 Å². The van der Waals surface area contributed by atoms with Crippen LogP contribution in [0.1, 0.15) is 92.2 Å². The van der Waals surface area contributed by atoms with Gasteiger partial charge in [0.2, 0.25) is 11.7 Å². The number of carbonyl (C=O) groups excluding carboxylic acids is 3. The maximum absolute atomic E-state index is 13.2. The molecule has 14 heteroatoms. The fourth-order valence-corrected chi connectivity index (χ4v) is 6.54. The molecule has 2 aromatic carbocycles. The van der Waals surface area contributed by atoms with Crippen molar-refractivity contribution in [2.45, 2.75) is 86.1 Å². The molecule has 0 aliphatic heterocycles. The van der Waals surface area contributed by atoms with E-state index in [2.05, 4.69) is 20.9 Å². The molecule has 3 aromatic rings. The number of Topliss-reactive ketones (excluding diaryl/α,β-unsaturated/α-hetero) is 1. The lowest BCUT2D eigenvalue weighted by Gasteiger charge is -2.55.